The molecule has 1 aliphatic rings. The van der Waals surface area contributed by atoms with Gasteiger partial charge in [0.1, 0.15) is 5.75 Å². The average molecular weight is 543 g/mol. The van der Waals surface area contributed by atoms with Crippen molar-refractivity contribution in [2.75, 3.05) is 52.9 Å². The molecular formula is C20H33F3IN5O. The van der Waals surface area contributed by atoms with E-state index in [9.17, 15) is 13.2 Å². The van der Waals surface area contributed by atoms with Crippen LogP contribution < -0.4 is 15.4 Å². The highest BCUT2D eigenvalue weighted by molar-refractivity contribution is 14.0. The van der Waals surface area contributed by atoms with Crippen LogP contribution in [0.1, 0.15) is 19.4 Å². The third kappa shape index (κ3) is 9.69. The SMILES string of the molecule is CCN1CCN(C(C)CNC(=NC)NCc2ccc(OCC(F)(F)F)cc2)CC1.I. The molecule has 0 aliphatic carbocycles. The fourth-order valence-corrected chi connectivity index (χ4v) is 3.17. The van der Waals surface area contributed by atoms with E-state index in [0.29, 0.717) is 18.5 Å². The van der Waals surface area contributed by atoms with Gasteiger partial charge in [-0.05, 0) is 31.2 Å². The van der Waals surface area contributed by atoms with Gasteiger partial charge in [0, 0.05) is 52.4 Å². The van der Waals surface area contributed by atoms with Crippen LogP contribution >= 0.6 is 24.0 Å². The molecule has 1 fully saturated rings. The smallest absolute Gasteiger partial charge is 0.422 e. The molecule has 2 N–H and O–H groups in total. The standard InChI is InChI=1S/C20H32F3N5O.HI/c1-4-27-9-11-28(12-10-27)16(2)13-25-19(24-3)26-14-17-5-7-18(8-6-17)29-15-20(21,22)23;/h5-8,16H,4,9-15H2,1-3H3,(H2,24,25,26);1H. The van der Waals surface area contributed by atoms with Crippen LogP contribution in [0, 0.1) is 0 Å². The van der Waals surface area contributed by atoms with Gasteiger partial charge in [0.05, 0.1) is 0 Å². The van der Waals surface area contributed by atoms with E-state index in [1.54, 1.807) is 19.2 Å². The summed E-state index contributed by atoms with van der Waals surface area (Å²) in [4.78, 5) is 9.17. The second kappa shape index (κ2) is 13.2. The van der Waals surface area contributed by atoms with Crippen molar-refractivity contribution in [3.8, 4) is 5.75 Å². The Labute approximate surface area is 194 Å². The maximum absolute atomic E-state index is 12.2. The summed E-state index contributed by atoms with van der Waals surface area (Å²) in [5.41, 5.74) is 0.927. The van der Waals surface area contributed by atoms with Crippen LogP contribution in [-0.2, 0) is 6.54 Å². The van der Waals surface area contributed by atoms with Crippen LogP contribution in [0.25, 0.3) is 0 Å². The molecule has 2 rings (SSSR count). The fraction of sp³-hybridized carbons (Fsp3) is 0.650. The lowest BCUT2D eigenvalue weighted by molar-refractivity contribution is -0.153. The summed E-state index contributed by atoms with van der Waals surface area (Å²) in [5.74, 6) is 0.895. The summed E-state index contributed by atoms with van der Waals surface area (Å²) in [7, 11) is 1.72. The number of halogens is 4. The van der Waals surface area contributed by atoms with Gasteiger partial charge in [-0.25, -0.2) is 0 Å². The molecule has 1 aliphatic heterocycles. The zero-order valence-corrected chi connectivity index (χ0v) is 20.2. The zero-order valence-electron chi connectivity index (χ0n) is 17.8. The lowest BCUT2D eigenvalue weighted by Gasteiger charge is -2.37. The Morgan fingerprint density at radius 1 is 1.13 bits per heavy atom. The van der Waals surface area contributed by atoms with Gasteiger partial charge in [-0.3, -0.25) is 9.89 Å². The van der Waals surface area contributed by atoms with Crippen LogP contribution in [0.15, 0.2) is 29.3 Å². The Morgan fingerprint density at radius 2 is 1.77 bits per heavy atom. The molecule has 1 aromatic rings. The minimum atomic E-state index is -4.33. The Kier molecular flexibility index (Phi) is 11.8. The van der Waals surface area contributed by atoms with Crippen molar-refractivity contribution in [1.82, 2.24) is 20.4 Å². The van der Waals surface area contributed by atoms with Gasteiger partial charge in [0.25, 0.3) is 0 Å². The van der Waals surface area contributed by atoms with E-state index >= 15 is 0 Å². The summed E-state index contributed by atoms with van der Waals surface area (Å²) < 4.78 is 41.3. The van der Waals surface area contributed by atoms with Gasteiger partial charge >= 0.3 is 6.18 Å². The van der Waals surface area contributed by atoms with Gasteiger partial charge in [0.15, 0.2) is 12.6 Å². The lowest BCUT2D eigenvalue weighted by Crippen LogP contribution is -2.53. The first-order valence-corrected chi connectivity index (χ1v) is 10.00. The van der Waals surface area contributed by atoms with Crippen LogP contribution in [0.2, 0.25) is 0 Å². The van der Waals surface area contributed by atoms with Crippen LogP contribution in [0.5, 0.6) is 5.75 Å². The molecule has 1 atom stereocenters. The minimum Gasteiger partial charge on any atom is -0.484 e. The quantitative estimate of drug-likeness (QED) is 0.300. The third-order valence-electron chi connectivity index (χ3n) is 5.05. The number of nitrogens with one attached hydrogen (secondary N) is 2. The molecule has 172 valence electrons. The lowest BCUT2D eigenvalue weighted by atomic mass is 10.2. The first-order chi connectivity index (χ1) is 13.8. The number of nitrogens with zero attached hydrogens (tertiary/aromatic N) is 3. The Bertz CT molecular complexity index is 634. The van der Waals surface area contributed by atoms with Crippen molar-refractivity contribution >= 4 is 29.9 Å². The van der Waals surface area contributed by atoms with Crippen LogP contribution in [0.4, 0.5) is 13.2 Å². The molecule has 0 radical (unpaired) electrons. The van der Waals surface area contributed by atoms with Gasteiger partial charge in [-0.2, -0.15) is 13.2 Å². The molecular weight excluding hydrogens is 510 g/mol. The molecule has 0 amide bonds. The topological polar surface area (TPSA) is 52.1 Å². The van der Waals surface area contributed by atoms with Crippen LogP contribution in [0.3, 0.4) is 0 Å². The summed E-state index contributed by atoms with van der Waals surface area (Å²) in [6.45, 7) is 9.89. The number of hydrogen-bond donors (Lipinski definition) is 2. The molecule has 1 saturated heterocycles. The van der Waals surface area contributed by atoms with Gasteiger partial charge in [-0.15, -0.1) is 24.0 Å². The molecule has 1 heterocycles. The molecule has 0 spiro atoms. The second-order valence-corrected chi connectivity index (χ2v) is 7.17. The summed E-state index contributed by atoms with van der Waals surface area (Å²) >= 11 is 0. The Hall–Kier alpha value is -1.27. The van der Waals surface area contributed by atoms with E-state index in [-0.39, 0.29) is 29.7 Å². The monoisotopic (exact) mass is 543 g/mol. The molecule has 0 saturated carbocycles. The van der Waals surface area contributed by atoms with E-state index in [1.165, 1.54) is 12.1 Å². The molecule has 6 nitrogen and oxygen atoms in total. The van der Waals surface area contributed by atoms with Gasteiger partial charge in [-0.1, -0.05) is 19.1 Å². The number of aliphatic imine (C=N–C) groups is 1. The third-order valence-corrected chi connectivity index (χ3v) is 5.05. The molecule has 0 aromatic heterocycles. The highest BCUT2D eigenvalue weighted by Crippen LogP contribution is 2.18. The first-order valence-electron chi connectivity index (χ1n) is 10.00. The van der Waals surface area contributed by atoms with E-state index in [0.717, 1.165) is 44.8 Å². The highest BCUT2D eigenvalue weighted by atomic mass is 127. The molecule has 10 heteroatoms. The number of hydrogen-bond acceptors (Lipinski definition) is 4. The largest absolute Gasteiger partial charge is 0.484 e. The van der Waals surface area contributed by atoms with Crippen molar-refractivity contribution in [2.24, 2.45) is 4.99 Å². The number of likely N-dealkylation sites (N-methyl/N-ethyl adjacent to an activating group) is 1. The Balaban J connectivity index is 0.00000450. The number of benzene rings is 1. The van der Waals surface area contributed by atoms with Crippen molar-refractivity contribution in [3.05, 3.63) is 29.8 Å². The van der Waals surface area contributed by atoms with Crippen molar-refractivity contribution < 1.29 is 17.9 Å². The molecule has 1 unspecified atom stereocenters. The summed E-state index contributed by atoms with van der Waals surface area (Å²) in [6, 6.07) is 6.95. The fourth-order valence-electron chi connectivity index (χ4n) is 3.17. The zero-order chi connectivity index (χ0) is 21.3. The number of piperazine rings is 1. The predicted molar refractivity (Wildman–Crippen MR) is 125 cm³/mol. The number of rotatable bonds is 8. The van der Waals surface area contributed by atoms with Crippen LogP contribution in [-0.4, -0.2) is 80.9 Å². The van der Waals surface area contributed by atoms with Gasteiger partial charge < -0.3 is 20.3 Å². The predicted octanol–water partition coefficient (Wildman–Crippen LogP) is 2.94. The summed E-state index contributed by atoms with van der Waals surface area (Å²) in [6.07, 6.45) is -4.33. The number of alkyl halides is 3. The van der Waals surface area contributed by atoms with E-state index < -0.39 is 12.8 Å². The summed E-state index contributed by atoms with van der Waals surface area (Å²) in [5, 5.41) is 6.57. The second-order valence-electron chi connectivity index (χ2n) is 7.17. The van der Waals surface area contributed by atoms with E-state index in [2.05, 4.69) is 39.3 Å². The average Bonchev–Trinajstić information content (AvgIpc) is 2.72. The Morgan fingerprint density at radius 3 is 2.30 bits per heavy atom. The van der Waals surface area contributed by atoms with E-state index in [4.69, 9.17) is 4.74 Å². The maximum Gasteiger partial charge on any atom is 0.422 e. The minimum absolute atomic E-state index is 0. The highest BCUT2D eigenvalue weighted by Gasteiger charge is 2.28. The molecule has 0 bridgehead atoms. The molecule has 30 heavy (non-hydrogen) atoms. The number of guanidine groups is 1. The van der Waals surface area contributed by atoms with E-state index in [1.807, 2.05) is 0 Å². The molecule has 1 aromatic carbocycles. The maximum atomic E-state index is 12.2. The number of ether oxygens (including phenoxy) is 1. The first kappa shape index (κ1) is 26.8. The van der Waals surface area contributed by atoms with Crippen molar-refractivity contribution in [1.29, 1.82) is 0 Å². The normalized spacial score (nSPS) is 17.2. The van der Waals surface area contributed by atoms with Gasteiger partial charge in [0.2, 0.25) is 0 Å². The van der Waals surface area contributed by atoms with Crippen molar-refractivity contribution in [2.45, 2.75) is 32.6 Å². The van der Waals surface area contributed by atoms with Crippen molar-refractivity contribution in [3.63, 3.8) is 0 Å².